The average molecular weight is 257 g/mol. The van der Waals surface area contributed by atoms with Crippen LogP contribution < -0.4 is 4.90 Å². The molecule has 1 radical (unpaired) electrons. The van der Waals surface area contributed by atoms with Crippen LogP contribution in [0, 0.1) is 5.51 Å². The van der Waals surface area contributed by atoms with Crippen molar-refractivity contribution in [3.05, 3.63) is 40.7 Å². The molecule has 2 nitrogen and oxygen atoms in total. The van der Waals surface area contributed by atoms with Gasteiger partial charge in [-0.05, 0) is 24.3 Å². The van der Waals surface area contributed by atoms with Crippen LogP contribution in [0.1, 0.15) is 5.56 Å². The summed E-state index contributed by atoms with van der Waals surface area (Å²) in [5, 5.41) is 1.78. The van der Waals surface area contributed by atoms with Crippen LogP contribution in [0.5, 0.6) is 0 Å². The molecule has 0 atom stereocenters. The average Bonchev–Trinajstić information content (AvgIpc) is 2.80. The fraction of sp³-hybridized carbons (Fsp3) is 0.182. The molecule has 2 rings (SSSR count). The molecule has 0 fully saturated rings. The predicted molar refractivity (Wildman–Crippen MR) is 60.5 cm³/mol. The van der Waals surface area contributed by atoms with Crippen LogP contribution >= 0.6 is 11.3 Å². The van der Waals surface area contributed by atoms with E-state index in [1.807, 2.05) is 0 Å². The number of aromatic nitrogens is 1. The van der Waals surface area contributed by atoms with Crippen LogP contribution in [0.3, 0.4) is 0 Å². The third-order valence-electron chi connectivity index (χ3n) is 2.30. The summed E-state index contributed by atoms with van der Waals surface area (Å²) in [5.74, 6) is 0.662. The molecule has 0 spiro atoms. The highest BCUT2D eigenvalue weighted by molar-refractivity contribution is 7.07. The number of hydrogen-bond donors (Lipinski definition) is 0. The zero-order valence-electron chi connectivity index (χ0n) is 8.82. The van der Waals surface area contributed by atoms with Gasteiger partial charge in [0.05, 0.1) is 5.56 Å². The minimum absolute atomic E-state index is 0.650. The Balaban J connectivity index is 2.24. The Bertz CT molecular complexity index is 476. The van der Waals surface area contributed by atoms with Crippen molar-refractivity contribution >= 4 is 22.8 Å². The third kappa shape index (κ3) is 2.58. The Kier molecular flexibility index (Phi) is 3.06. The van der Waals surface area contributed by atoms with Gasteiger partial charge in [0.1, 0.15) is 5.82 Å². The maximum Gasteiger partial charge on any atom is 0.416 e. The topological polar surface area (TPSA) is 16.1 Å². The van der Waals surface area contributed by atoms with E-state index in [1.165, 1.54) is 23.5 Å². The standard InChI is InChI=1S/C11H8F3N2S/c1-16(10-6-17-7-15-10)9-4-2-8(3-5-9)11(12,13)14/h2-6H,1H3. The molecule has 1 aromatic carbocycles. The molecule has 17 heavy (non-hydrogen) atoms. The van der Waals surface area contributed by atoms with Gasteiger partial charge in [0.2, 0.25) is 0 Å². The van der Waals surface area contributed by atoms with Gasteiger partial charge in [-0.15, -0.1) is 11.3 Å². The summed E-state index contributed by atoms with van der Waals surface area (Å²) >= 11 is 1.31. The molecule has 1 heterocycles. The molecule has 89 valence electrons. The molecule has 6 heteroatoms. The summed E-state index contributed by atoms with van der Waals surface area (Å²) in [6.07, 6.45) is -4.30. The molecule has 0 saturated heterocycles. The first kappa shape index (κ1) is 11.9. The molecule has 0 aliphatic rings. The van der Waals surface area contributed by atoms with E-state index in [-0.39, 0.29) is 0 Å². The Morgan fingerprint density at radius 2 is 1.88 bits per heavy atom. The molecular weight excluding hydrogens is 249 g/mol. The van der Waals surface area contributed by atoms with E-state index in [2.05, 4.69) is 10.5 Å². The van der Waals surface area contributed by atoms with Crippen molar-refractivity contribution in [1.82, 2.24) is 4.98 Å². The van der Waals surface area contributed by atoms with Gasteiger partial charge in [-0.1, -0.05) is 0 Å². The second kappa shape index (κ2) is 4.37. The smallest absolute Gasteiger partial charge is 0.329 e. The third-order valence-corrected chi connectivity index (χ3v) is 2.83. The fourth-order valence-corrected chi connectivity index (χ4v) is 1.85. The lowest BCUT2D eigenvalue weighted by atomic mass is 10.2. The van der Waals surface area contributed by atoms with Gasteiger partial charge in [-0.25, -0.2) is 4.98 Å². The molecule has 0 aliphatic heterocycles. The lowest BCUT2D eigenvalue weighted by Gasteiger charge is -2.17. The lowest BCUT2D eigenvalue weighted by molar-refractivity contribution is -0.137. The Morgan fingerprint density at radius 3 is 2.35 bits per heavy atom. The largest absolute Gasteiger partial charge is 0.416 e. The van der Waals surface area contributed by atoms with Crippen LogP contribution in [0.2, 0.25) is 0 Å². The first-order valence-corrected chi connectivity index (χ1v) is 5.59. The molecule has 0 bridgehead atoms. The van der Waals surface area contributed by atoms with Gasteiger partial charge >= 0.3 is 6.18 Å². The Labute approximate surface area is 100 Å². The maximum absolute atomic E-state index is 12.4. The minimum atomic E-state index is -4.30. The van der Waals surface area contributed by atoms with Crippen molar-refractivity contribution < 1.29 is 13.2 Å². The fourth-order valence-electron chi connectivity index (χ4n) is 1.34. The van der Waals surface area contributed by atoms with Crippen LogP contribution in [-0.4, -0.2) is 12.0 Å². The number of anilines is 2. The van der Waals surface area contributed by atoms with Crippen molar-refractivity contribution in [3.8, 4) is 0 Å². The van der Waals surface area contributed by atoms with Gasteiger partial charge < -0.3 is 4.90 Å². The van der Waals surface area contributed by atoms with Crippen LogP contribution in [0.25, 0.3) is 0 Å². The van der Waals surface area contributed by atoms with Gasteiger partial charge in [0.15, 0.2) is 5.51 Å². The second-order valence-electron chi connectivity index (χ2n) is 3.40. The van der Waals surface area contributed by atoms with E-state index < -0.39 is 11.7 Å². The summed E-state index contributed by atoms with van der Waals surface area (Å²) in [6.45, 7) is 0. The normalized spacial score (nSPS) is 11.5. The molecule has 0 aliphatic carbocycles. The summed E-state index contributed by atoms with van der Waals surface area (Å²) in [6, 6.07) is 4.95. The summed E-state index contributed by atoms with van der Waals surface area (Å²) < 4.78 is 37.1. The molecule has 1 aromatic heterocycles. The van der Waals surface area contributed by atoms with Crippen molar-refractivity contribution in [2.24, 2.45) is 0 Å². The highest BCUT2D eigenvalue weighted by Gasteiger charge is 2.30. The monoisotopic (exact) mass is 257 g/mol. The van der Waals surface area contributed by atoms with E-state index in [1.54, 1.807) is 17.3 Å². The predicted octanol–water partition coefficient (Wildman–Crippen LogP) is 3.73. The van der Waals surface area contributed by atoms with E-state index in [9.17, 15) is 13.2 Å². The highest BCUT2D eigenvalue weighted by Crippen LogP contribution is 2.31. The van der Waals surface area contributed by atoms with Crippen molar-refractivity contribution in [3.63, 3.8) is 0 Å². The molecular formula is C11H8F3N2S. The van der Waals surface area contributed by atoms with Gasteiger partial charge in [0, 0.05) is 18.1 Å². The molecule has 0 saturated carbocycles. The van der Waals surface area contributed by atoms with Crippen molar-refractivity contribution in [2.45, 2.75) is 6.18 Å². The van der Waals surface area contributed by atoms with Crippen LogP contribution in [0.4, 0.5) is 24.7 Å². The number of rotatable bonds is 2. The maximum atomic E-state index is 12.4. The first-order valence-electron chi connectivity index (χ1n) is 4.71. The first-order chi connectivity index (χ1) is 7.98. The molecule has 2 aromatic rings. The summed E-state index contributed by atoms with van der Waals surface area (Å²) in [4.78, 5) is 5.66. The highest BCUT2D eigenvalue weighted by atomic mass is 32.1. The zero-order chi connectivity index (χ0) is 12.5. The van der Waals surface area contributed by atoms with Crippen molar-refractivity contribution in [1.29, 1.82) is 0 Å². The second-order valence-corrected chi connectivity index (χ2v) is 4.05. The number of thiazole rings is 1. The Hall–Kier alpha value is -1.56. The number of hydrogen-bond acceptors (Lipinski definition) is 3. The van der Waals surface area contributed by atoms with E-state index in [0.29, 0.717) is 11.5 Å². The molecule has 0 unspecified atom stereocenters. The SMILES string of the molecule is CN(c1ccc(C(F)(F)F)cc1)c1cs[c]n1. The zero-order valence-corrected chi connectivity index (χ0v) is 9.64. The number of benzene rings is 1. The van der Waals surface area contributed by atoms with Crippen LogP contribution in [0.15, 0.2) is 29.6 Å². The number of halogens is 3. The van der Waals surface area contributed by atoms with E-state index in [4.69, 9.17) is 0 Å². The number of nitrogens with zero attached hydrogens (tertiary/aromatic N) is 2. The minimum Gasteiger partial charge on any atom is -0.329 e. The quantitative estimate of drug-likeness (QED) is 0.815. The van der Waals surface area contributed by atoms with Crippen molar-refractivity contribution in [2.75, 3.05) is 11.9 Å². The lowest BCUT2D eigenvalue weighted by Crippen LogP contribution is -2.10. The molecule has 0 amide bonds. The Morgan fingerprint density at radius 1 is 1.24 bits per heavy atom. The van der Waals surface area contributed by atoms with E-state index >= 15 is 0 Å². The van der Waals surface area contributed by atoms with E-state index in [0.717, 1.165) is 12.1 Å². The van der Waals surface area contributed by atoms with Crippen LogP contribution in [-0.2, 0) is 6.18 Å². The van der Waals surface area contributed by atoms with Gasteiger partial charge in [-0.2, -0.15) is 13.2 Å². The summed E-state index contributed by atoms with van der Waals surface area (Å²) in [5.41, 5.74) is 2.68. The van der Waals surface area contributed by atoms with Gasteiger partial charge in [-0.3, -0.25) is 0 Å². The number of alkyl halides is 3. The summed E-state index contributed by atoms with van der Waals surface area (Å²) in [7, 11) is 1.74. The molecule has 0 N–H and O–H groups in total. The van der Waals surface area contributed by atoms with Gasteiger partial charge in [0.25, 0.3) is 0 Å².